The molecule has 0 radical (unpaired) electrons. The van der Waals surface area contributed by atoms with Crippen molar-refractivity contribution < 1.29 is 24.2 Å². The Hall–Kier alpha value is -4.04. The van der Waals surface area contributed by atoms with Gasteiger partial charge in [0.05, 0.1) is 17.3 Å². The van der Waals surface area contributed by atoms with Gasteiger partial charge < -0.3 is 9.84 Å². The number of hydrogen-bond donors (Lipinski definition) is 1. The average Bonchev–Trinajstić information content (AvgIpc) is 3.35. The maximum absolute atomic E-state index is 13.2. The molecule has 1 N–H and O–H groups in total. The Balaban J connectivity index is 1.86. The van der Waals surface area contributed by atoms with E-state index in [0.717, 1.165) is 16.9 Å². The van der Waals surface area contributed by atoms with E-state index in [2.05, 4.69) is 11.6 Å². The molecule has 1 aliphatic rings. The minimum Gasteiger partial charge on any atom is -0.507 e. The fraction of sp³-hybridized carbons (Fsp3) is 0.154. The number of nitrogens with zero attached hydrogens (tertiary/aromatic N) is 2. The van der Waals surface area contributed by atoms with Gasteiger partial charge in [0.2, 0.25) is 0 Å². The predicted molar refractivity (Wildman–Crippen MR) is 130 cm³/mol. The number of ether oxygens (including phenoxy) is 1. The largest absolute Gasteiger partial charge is 0.507 e. The maximum atomic E-state index is 13.2. The van der Waals surface area contributed by atoms with Gasteiger partial charge in [0.1, 0.15) is 17.2 Å². The summed E-state index contributed by atoms with van der Waals surface area (Å²) in [5, 5.41) is 11.3. The molecule has 1 saturated heterocycles. The summed E-state index contributed by atoms with van der Waals surface area (Å²) in [5.74, 6) is -2.51. The van der Waals surface area contributed by atoms with Crippen molar-refractivity contribution in [2.45, 2.75) is 19.9 Å². The molecule has 7 nitrogen and oxygen atoms in total. The fourth-order valence-electron chi connectivity index (χ4n) is 3.72. The van der Waals surface area contributed by atoms with Gasteiger partial charge in [-0.2, -0.15) is 0 Å². The van der Waals surface area contributed by atoms with E-state index >= 15 is 0 Å². The second-order valence-corrected chi connectivity index (χ2v) is 8.72. The van der Waals surface area contributed by atoms with Crippen LogP contribution in [0.15, 0.2) is 72.8 Å². The molecule has 34 heavy (non-hydrogen) atoms. The highest BCUT2D eigenvalue weighted by molar-refractivity contribution is 7.17. The van der Waals surface area contributed by atoms with Crippen LogP contribution in [0.4, 0.5) is 5.13 Å². The van der Waals surface area contributed by atoms with Crippen LogP contribution >= 0.6 is 11.3 Å². The number of Topliss-reactive ketones (excluding diaryl/α,β-unsaturated/α-hetero) is 1. The molecule has 1 aliphatic heterocycles. The van der Waals surface area contributed by atoms with Gasteiger partial charge in [0.25, 0.3) is 5.78 Å². The van der Waals surface area contributed by atoms with Crippen LogP contribution in [0.5, 0.6) is 0 Å². The normalized spacial score (nSPS) is 17.1. The molecule has 0 spiro atoms. The lowest BCUT2D eigenvalue weighted by molar-refractivity contribution is -0.132. The van der Waals surface area contributed by atoms with E-state index in [9.17, 15) is 19.5 Å². The number of carbonyl (C=O) groups is 3. The first kappa shape index (κ1) is 23.1. The van der Waals surface area contributed by atoms with Crippen LogP contribution in [0.1, 0.15) is 38.1 Å². The lowest BCUT2D eigenvalue weighted by atomic mass is 9.95. The van der Waals surface area contributed by atoms with Crippen molar-refractivity contribution in [3.05, 3.63) is 100 Å². The Morgan fingerprint density at radius 3 is 2.47 bits per heavy atom. The summed E-state index contributed by atoms with van der Waals surface area (Å²) in [6, 6.07) is 15.0. The summed E-state index contributed by atoms with van der Waals surface area (Å²) in [7, 11) is 0. The molecule has 3 aromatic rings. The summed E-state index contributed by atoms with van der Waals surface area (Å²) in [6.45, 7) is 7.10. The second kappa shape index (κ2) is 9.44. The number of rotatable bonds is 6. The van der Waals surface area contributed by atoms with Crippen molar-refractivity contribution in [3.63, 3.8) is 0 Å². The standard InChI is InChI=1S/C26H22N2O5S/c1-4-14-33-25(32)23-16(3)27-26(34-23)28-20(17-8-6-5-7-9-17)19(22(30)24(28)31)21(29)18-12-10-15(2)11-13-18/h4-13,20,29H,1,14H2,2-3H3/t20-/m1/s1. The molecule has 172 valence electrons. The number of carbonyl (C=O) groups excluding carboxylic acids is 3. The van der Waals surface area contributed by atoms with Crippen molar-refractivity contribution in [2.75, 3.05) is 11.5 Å². The summed E-state index contributed by atoms with van der Waals surface area (Å²) in [4.78, 5) is 44.7. The third-order valence-corrected chi connectivity index (χ3v) is 6.53. The molecule has 4 rings (SSSR count). The lowest BCUT2D eigenvalue weighted by Crippen LogP contribution is -2.29. The number of aliphatic hydroxyl groups is 1. The van der Waals surface area contributed by atoms with Gasteiger partial charge in [-0.1, -0.05) is 84.2 Å². The number of benzene rings is 2. The zero-order chi connectivity index (χ0) is 24.4. The molecule has 2 aromatic carbocycles. The van der Waals surface area contributed by atoms with Gasteiger partial charge in [0, 0.05) is 5.56 Å². The molecular formula is C26H22N2O5S. The van der Waals surface area contributed by atoms with E-state index in [4.69, 9.17) is 4.74 Å². The van der Waals surface area contributed by atoms with E-state index in [-0.39, 0.29) is 27.9 Å². The van der Waals surface area contributed by atoms with Crippen LogP contribution in [-0.2, 0) is 14.3 Å². The Kier molecular flexibility index (Phi) is 6.43. The third-order valence-electron chi connectivity index (χ3n) is 5.39. The Labute approximate surface area is 200 Å². The van der Waals surface area contributed by atoms with Crippen molar-refractivity contribution in [3.8, 4) is 0 Å². The van der Waals surface area contributed by atoms with Gasteiger partial charge in [-0.05, 0) is 19.4 Å². The Morgan fingerprint density at radius 1 is 1.15 bits per heavy atom. The highest BCUT2D eigenvalue weighted by Crippen LogP contribution is 2.43. The molecule has 1 aromatic heterocycles. The summed E-state index contributed by atoms with van der Waals surface area (Å²) < 4.78 is 5.11. The van der Waals surface area contributed by atoms with Crippen LogP contribution in [0.2, 0.25) is 0 Å². The molecule has 0 saturated carbocycles. The minimum atomic E-state index is -0.912. The Bertz CT molecular complexity index is 1310. The highest BCUT2D eigenvalue weighted by Gasteiger charge is 2.48. The van der Waals surface area contributed by atoms with E-state index in [1.807, 2.05) is 25.1 Å². The molecule has 2 heterocycles. The van der Waals surface area contributed by atoms with E-state index < -0.39 is 23.7 Å². The number of anilines is 1. The third kappa shape index (κ3) is 4.15. The highest BCUT2D eigenvalue weighted by atomic mass is 32.1. The number of aryl methyl sites for hydroxylation is 2. The van der Waals surface area contributed by atoms with Gasteiger partial charge in [-0.3, -0.25) is 14.5 Å². The second-order valence-electron chi connectivity index (χ2n) is 7.74. The number of thiazole rings is 1. The topological polar surface area (TPSA) is 96.8 Å². The Morgan fingerprint density at radius 2 is 1.82 bits per heavy atom. The molecule has 8 heteroatoms. The van der Waals surface area contributed by atoms with Gasteiger partial charge in [-0.15, -0.1) is 0 Å². The molecular weight excluding hydrogens is 452 g/mol. The quantitative estimate of drug-likeness (QED) is 0.182. The smallest absolute Gasteiger partial charge is 0.350 e. The van der Waals surface area contributed by atoms with Gasteiger partial charge >= 0.3 is 11.9 Å². The fourth-order valence-corrected chi connectivity index (χ4v) is 4.71. The van der Waals surface area contributed by atoms with Crippen LogP contribution < -0.4 is 4.90 Å². The zero-order valence-electron chi connectivity index (χ0n) is 18.6. The summed E-state index contributed by atoms with van der Waals surface area (Å²) in [6.07, 6.45) is 1.45. The maximum Gasteiger partial charge on any atom is 0.350 e. The lowest BCUT2D eigenvalue weighted by Gasteiger charge is -2.23. The monoisotopic (exact) mass is 474 g/mol. The predicted octanol–water partition coefficient (Wildman–Crippen LogP) is 4.73. The first-order valence-corrected chi connectivity index (χ1v) is 11.3. The molecule has 0 bridgehead atoms. The first-order chi connectivity index (χ1) is 16.3. The van der Waals surface area contributed by atoms with Crippen molar-refractivity contribution >= 4 is 39.9 Å². The molecule has 0 unspecified atom stereocenters. The van der Waals surface area contributed by atoms with Crippen LogP contribution in [-0.4, -0.2) is 34.4 Å². The average molecular weight is 475 g/mol. The van der Waals surface area contributed by atoms with E-state index in [0.29, 0.717) is 16.8 Å². The number of amides is 1. The SMILES string of the molecule is C=CCOC(=O)c1sc(N2C(=O)C(=O)C(=C(O)c3ccc(C)cc3)[C@H]2c2ccccc2)nc1C. The number of esters is 1. The van der Waals surface area contributed by atoms with Crippen LogP contribution in [0.3, 0.4) is 0 Å². The summed E-state index contributed by atoms with van der Waals surface area (Å²) >= 11 is 0.960. The number of hydrogen-bond acceptors (Lipinski definition) is 7. The van der Waals surface area contributed by atoms with Gasteiger partial charge in [-0.25, -0.2) is 9.78 Å². The summed E-state index contributed by atoms with van der Waals surface area (Å²) in [5.41, 5.74) is 2.38. The molecule has 1 atom stereocenters. The number of aliphatic hydroxyl groups excluding tert-OH is 1. The van der Waals surface area contributed by atoms with Gasteiger partial charge in [0.15, 0.2) is 5.13 Å². The van der Waals surface area contributed by atoms with Crippen molar-refractivity contribution in [1.82, 2.24) is 4.98 Å². The number of aromatic nitrogens is 1. The van der Waals surface area contributed by atoms with Crippen LogP contribution in [0.25, 0.3) is 5.76 Å². The molecule has 1 fully saturated rings. The molecule has 0 aliphatic carbocycles. The van der Waals surface area contributed by atoms with Crippen molar-refractivity contribution in [2.24, 2.45) is 0 Å². The minimum absolute atomic E-state index is 0.0382. The number of ketones is 1. The van der Waals surface area contributed by atoms with Crippen molar-refractivity contribution in [1.29, 1.82) is 0 Å². The van der Waals surface area contributed by atoms with Crippen LogP contribution in [0, 0.1) is 13.8 Å². The zero-order valence-corrected chi connectivity index (χ0v) is 19.5. The van der Waals surface area contributed by atoms with E-state index in [1.54, 1.807) is 43.3 Å². The first-order valence-electron chi connectivity index (χ1n) is 10.5. The van der Waals surface area contributed by atoms with E-state index in [1.165, 1.54) is 11.0 Å². The molecule has 1 amide bonds.